The second kappa shape index (κ2) is 11.0. The van der Waals surface area contributed by atoms with E-state index in [4.69, 9.17) is 16.3 Å². The molecule has 2 aromatic rings. The van der Waals surface area contributed by atoms with E-state index in [9.17, 15) is 13.2 Å². The van der Waals surface area contributed by atoms with E-state index in [1.807, 2.05) is 43.0 Å². The van der Waals surface area contributed by atoms with Gasteiger partial charge >= 0.3 is 0 Å². The lowest BCUT2D eigenvalue weighted by Gasteiger charge is -2.40. The molecule has 0 aromatic heterocycles. The third-order valence-electron chi connectivity index (χ3n) is 7.31. The summed E-state index contributed by atoms with van der Waals surface area (Å²) in [5, 5.41) is 0.702. The van der Waals surface area contributed by atoms with Gasteiger partial charge in [-0.05, 0) is 61.1 Å². The summed E-state index contributed by atoms with van der Waals surface area (Å²) in [7, 11) is -2.31. The number of nitrogens with zero attached hydrogens (tertiary/aromatic N) is 3. The molecule has 1 atom stereocenters. The third kappa shape index (κ3) is 5.50. The Bertz CT molecular complexity index is 1210. The second-order valence-electron chi connectivity index (χ2n) is 10.0. The molecule has 2 heterocycles. The lowest BCUT2D eigenvalue weighted by atomic mass is 9.97. The summed E-state index contributed by atoms with van der Waals surface area (Å²) in [6, 6.07) is 11.2. The molecule has 7 nitrogen and oxygen atoms in total. The Morgan fingerprint density at radius 2 is 1.78 bits per heavy atom. The van der Waals surface area contributed by atoms with Crippen molar-refractivity contribution >= 4 is 33.2 Å². The van der Waals surface area contributed by atoms with Gasteiger partial charge in [-0.3, -0.25) is 4.79 Å². The zero-order valence-corrected chi connectivity index (χ0v) is 23.1. The van der Waals surface area contributed by atoms with Crippen molar-refractivity contribution < 1.29 is 17.9 Å². The molecule has 0 N–H and O–H groups in total. The number of methoxy groups -OCH3 is 1. The molecule has 196 valence electrons. The Kier molecular flexibility index (Phi) is 8.17. The van der Waals surface area contributed by atoms with Crippen molar-refractivity contribution in [3.63, 3.8) is 0 Å². The molecule has 0 saturated carbocycles. The van der Waals surface area contributed by atoms with Crippen molar-refractivity contribution in [3.8, 4) is 5.75 Å². The number of carbonyl (C=O) groups is 1. The normalized spacial score (nSPS) is 19.6. The van der Waals surface area contributed by atoms with E-state index < -0.39 is 10.0 Å². The molecule has 4 rings (SSSR count). The van der Waals surface area contributed by atoms with Gasteiger partial charge in [0, 0.05) is 50.0 Å². The largest absolute Gasteiger partial charge is 0.495 e. The van der Waals surface area contributed by atoms with Crippen molar-refractivity contribution in [3.05, 3.63) is 52.5 Å². The molecule has 0 radical (unpaired) electrons. The van der Waals surface area contributed by atoms with Crippen molar-refractivity contribution in [2.45, 2.75) is 44.4 Å². The molecule has 2 saturated heterocycles. The summed E-state index contributed by atoms with van der Waals surface area (Å²) in [4.78, 5) is 17.8. The Labute approximate surface area is 220 Å². The molecule has 0 bridgehead atoms. The van der Waals surface area contributed by atoms with E-state index in [2.05, 4.69) is 11.8 Å². The zero-order valence-electron chi connectivity index (χ0n) is 21.5. The molecule has 36 heavy (non-hydrogen) atoms. The standard InChI is InChI=1S/C27H36ClN3O4S/c1-19(2)21-8-10-25(35-4)26(16-21)36(33,34)31-11-5-6-22(18-31)27(32)30-14-12-29(13-15-30)24-17-23(28)9-7-20(24)3/h7-10,16-17,19,22H,5-6,11-15,18H2,1-4H3/t22-/m1/s1. The lowest BCUT2D eigenvalue weighted by Crippen LogP contribution is -2.53. The van der Waals surface area contributed by atoms with Gasteiger partial charge < -0.3 is 14.5 Å². The van der Waals surface area contributed by atoms with Crippen molar-refractivity contribution in [1.82, 2.24) is 9.21 Å². The van der Waals surface area contributed by atoms with Crippen LogP contribution in [0.4, 0.5) is 5.69 Å². The van der Waals surface area contributed by atoms with E-state index in [1.54, 1.807) is 12.1 Å². The number of benzene rings is 2. The van der Waals surface area contributed by atoms with Crippen LogP contribution in [0.25, 0.3) is 0 Å². The molecule has 2 aliphatic heterocycles. The third-order valence-corrected chi connectivity index (χ3v) is 9.43. The summed E-state index contributed by atoms with van der Waals surface area (Å²) >= 11 is 6.20. The molecule has 2 aliphatic rings. The average Bonchev–Trinajstić information content (AvgIpc) is 2.89. The smallest absolute Gasteiger partial charge is 0.246 e. The molecular formula is C27H36ClN3O4S. The number of halogens is 1. The molecule has 2 fully saturated rings. The van der Waals surface area contributed by atoms with Crippen LogP contribution in [-0.2, 0) is 14.8 Å². The van der Waals surface area contributed by atoms with Crippen LogP contribution in [0.3, 0.4) is 0 Å². The van der Waals surface area contributed by atoms with Gasteiger partial charge in [-0.2, -0.15) is 4.31 Å². The highest BCUT2D eigenvalue weighted by molar-refractivity contribution is 7.89. The van der Waals surface area contributed by atoms with E-state index in [-0.39, 0.29) is 29.2 Å². The van der Waals surface area contributed by atoms with Crippen LogP contribution >= 0.6 is 11.6 Å². The first-order valence-electron chi connectivity index (χ1n) is 12.6. The van der Waals surface area contributed by atoms with Gasteiger partial charge in [0.2, 0.25) is 15.9 Å². The van der Waals surface area contributed by atoms with Gasteiger partial charge in [-0.25, -0.2) is 8.42 Å². The van der Waals surface area contributed by atoms with Crippen molar-refractivity contribution in [2.75, 3.05) is 51.3 Å². The number of carbonyl (C=O) groups excluding carboxylic acids is 1. The fourth-order valence-electron chi connectivity index (χ4n) is 5.10. The molecule has 1 amide bonds. The number of anilines is 1. The maximum Gasteiger partial charge on any atom is 0.246 e. The number of sulfonamides is 1. The molecule has 2 aromatic carbocycles. The number of amides is 1. The maximum atomic E-state index is 13.6. The molecule has 0 unspecified atom stereocenters. The fraction of sp³-hybridized carbons (Fsp3) is 0.519. The number of hydrogen-bond donors (Lipinski definition) is 0. The van der Waals surface area contributed by atoms with Gasteiger partial charge in [-0.1, -0.05) is 37.6 Å². The molecule has 9 heteroatoms. The van der Waals surface area contributed by atoms with E-state index in [0.29, 0.717) is 43.2 Å². The Hall–Kier alpha value is -2.29. The van der Waals surface area contributed by atoms with Crippen LogP contribution in [0, 0.1) is 12.8 Å². The number of piperidine rings is 1. The van der Waals surface area contributed by atoms with E-state index in [1.165, 1.54) is 11.4 Å². The Morgan fingerprint density at radius 3 is 2.44 bits per heavy atom. The van der Waals surface area contributed by atoms with E-state index in [0.717, 1.165) is 29.9 Å². The molecule has 0 spiro atoms. The Morgan fingerprint density at radius 1 is 1.06 bits per heavy atom. The quantitative estimate of drug-likeness (QED) is 0.545. The Balaban J connectivity index is 1.45. The van der Waals surface area contributed by atoms with Crippen LogP contribution in [0.15, 0.2) is 41.3 Å². The topological polar surface area (TPSA) is 70.2 Å². The molecular weight excluding hydrogens is 498 g/mol. The minimum absolute atomic E-state index is 0.0419. The summed E-state index contributed by atoms with van der Waals surface area (Å²) in [5.41, 5.74) is 3.19. The van der Waals surface area contributed by atoms with Gasteiger partial charge in [-0.15, -0.1) is 0 Å². The minimum Gasteiger partial charge on any atom is -0.495 e. The second-order valence-corrected chi connectivity index (χ2v) is 12.4. The monoisotopic (exact) mass is 533 g/mol. The van der Waals surface area contributed by atoms with Gasteiger partial charge in [0.15, 0.2) is 0 Å². The first-order valence-corrected chi connectivity index (χ1v) is 14.4. The highest BCUT2D eigenvalue weighted by atomic mass is 35.5. The predicted molar refractivity (Wildman–Crippen MR) is 144 cm³/mol. The van der Waals surface area contributed by atoms with Crippen LogP contribution in [0.2, 0.25) is 5.02 Å². The van der Waals surface area contributed by atoms with Crippen LogP contribution < -0.4 is 9.64 Å². The lowest BCUT2D eigenvalue weighted by molar-refractivity contribution is -0.137. The fourth-order valence-corrected chi connectivity index (χ4v) is 6.99. The SMILES string of the molecule is COc1ccc(C(C)C)cc1S(=O)(=O)N1CCC[C@@H](C(=O)N2CCN(c3cc(Cl)ccc3C)CC2)C1. The minimum atomic E-state index is -3.79. The van der Waals surface area contributed by atoms with Crippen molar-refractivity contribution in [2.24, 2.45) is 5.92 Å². The first-order chi connectivity index (χ1) is 17.1. The summed E-state index contributed by atoms with van der Waals surface area (Å²) in [5.74, 6) is 0.225. The number of rotatable bonds is 6. The summed E-state index contributed by atoms with van der Waals surface area (Å²) in [6.07, 6.45) is 1.35. The van der Waals surface area contributed by atoms with Gasteiger partial charge in [0.1, 0.15) is 10.6 Å². The van der Waals surface area contributed by atoms with Crippen LogP contribution in [0.1, 0.15) is 43.7 Å². The van der Waals surface area contributed by atoms with Crippen LogP contribution in [0.5, 0.6) is 5.75 Å². The average molecular weight is 534 g/mol. The number of ether oxygens (including phenoxy) is 1. The maximum absolute atomic E-state index is 13.6. The molecule has 0 aliphatic carbocycles. The summed E-state index contributed by atoms with van der Waals surface area (Å²) < 4.78 is 34.2. The number of piperazine rings is 1. The van der Waals surface area contributed by atoms with Gasteiger partial charge in [0.25, 0.3) is 0 Å². The first kappa shape index (κ1) is 26.8. The predicted octanol–water partition coefficient (Wildman–Crippen LogP) is 4.53. The number of hydrogen-bond acceptors (Lipinski definition) is 5. The summed E-state index contributed by atoms with van der Waals surface area (Å²) in [6.45, 7) is 9.39. The van der Waals surface area contributed by atoms with Crippen LogP contribution in [-0.4, -0.2) is 69.9 Å². The number of aryl methyl sites for hydroxylation is 1. The highest BCUT2D eigenvalue weighted by Crippen LogP contribution is 2.33. The van der Waals surface area contributed by atoms with Gasteiger partial charge in [0.05, 0.1) is 13.0 Å². The zero-order chi connectivity index (χ0) is 26.0. The van der Waals surface area contributed by atoms with Crippen molar-refractivity contribution in [1.29, 1.82) is 0 Å². The van der Waals surface area contributed by atoms with E-state index >= 15 is 0 Å². The highest BCUT2D eigenvalue weighted by Gasteiger charge is 2.37.